The molecule has 0 saturated heterocycles. The summed E-state index contributed by atoms with van der Waals surface area (Å²) in [5.74, 6) is 1.58. The van der Waals surface area contributed by atoms with Crippen molar-refractivity contribution < 1.29 is 14.3 Å². The van der Waals surface area contributed by atoms with E-state index < -0.39 is 0 Å². The number of carbonyl (C=O) groups excluding carboxylic acids is 1. The number of hydrogen-bond acceptors (Lipinski definition) is 3. The van der Waals surface area contributed by atoms with E-state index in [9.17, 15) is 4.79 Å². The van der Waals surface area contributed by atoms with E-state index in [0.29, 0.717) is 0 Å². The molecular formula is C19H28O3. The Bertz CT molecular complexity index is 529. The molecule has 0 spiro atoms. The molecule has 3 nitrogen and oxygen atoms in total. The fraction of sp³-hybridized carbons (Fsp3) is 0.526. The highest BCUT2D eigenvalue weighted by atomic mass is 16.5. The number of benzene rings is 1. The van der Waals surface area contributed by atoms with Gasteiger partial charge in [-0.05, 0) is 32.8 Å². The second-order valence-electron chi connectivity index (χ2n) is 6.43. The van der Waals surface area contributed by atoms with Crippen LogP contribution in [-0.2, 0) is 10.2 Å². The summed E-state index contributed by atoms with van der Waals surface area (Å²) in [6.45, 7) is 8.34. The van der Waals surface area contributed by atoms with Gasteiger partial charge in [-0.3, -0.25) is 0 Å². The van der Waals surface area contributed by atoms with Gasteiger partial charge in [-0.25, -0.2) is 0 Å². The van der Waals surface area contributed by atoms with E-state index in [1.54, 1.807) is 14.2 Å². The molecule has 1 aromatic rings. The molecule has 0 saturated carbocycles. The lowest BCUT2D eigenvalue weighted by molar-refractivity contribution is -0.111. The van der Waals surface area contributed by atoms with E-state index >= 15 is 0 Å². The van der Waals surface area contributed by atoms with Crippen LogP contribution in [0.4, 0.5) is 0 Å². The Morgan fingerprint density at radius 3 is 2.45 bits per heavy atom. The molecule has 0 N–H and O–H groups in total. The smallest absolute Gasteiger partial charge is 0.126 e. The van der Waals surface area contributed by atoms with Crippen molar-refractivity contribution >= 4 is 6.29 Å². The third-order valence-electron chi connectivity index (χ3n) is 4.02. The molecule has 0 aromatic heterocycles. The largest absolute Gasteiger partial charge is 0.497 e. The van der Waals surface area contributed by atoms with E-state index in [2.05, 4.69) is 26.8 Å². The van der Waals surface area contributed by atoms with E-state index in [4.69, 9.17) is 9.47 Å². The minimum atomic E-state index is -0.158. The number of methoxy groups -OCH3 is 2. The van der Waals surface area contributed by atoms with E-state index in [-0.39, 0.29) is 11.3 Å². The molecule has 1 rings (SSSR count). The third kappa shape index (κ3) is 4.62. The topological polar surface area (TPSA) is 35.5 Å². The average molecular weight is 304 g/mol. The number of aldehydes is 1. The second kappa shape index (κ2) is 8.02. The van der Waals surface area contributed by atoms with Gasteiger partial charge in [0.05, 0.1) is 14.2 Å². The fourth-order valence-corrected chi connectivity index (χ4v) is 2.79. The van der Waals surface area contributed by atoms with Crippen LogP contribution in [0.5, 0.6) is 11.5 Å². The van der Waals surface area contributed by atoms with E-state index in [1.807, 2.05) is 25.1 Å². The van der Waals surface area contributed by atoms with Crippen LogP contribution in [0.15, 0.2) is 29.8 Å². The highest BCUT2D eigenvalue weighted by molar-refractivity contribution is 5.54. The van der Waals surface area contributed by atoms with Gasteiger partial charge in [0.2, 0.25) is 0 Å². The summed E-state index contributed by atoms with van der Waals surface area (Å²) in [5, 5.41) is 0. The first kappa shape index (κ1) is 18.3. The number of allylic oxidation sites excluding steroid dienone is 2. The molecule has 122 valence electrons. The van der Waals surface area contributed by atoms with Gasteiger partial charge >= 0.3 is 0 Å². The monoisotopic (exact) mass is 304 g/mol. The van der Waals surface area contributed by atoms with Crippen molar-refractivity contribution in [3.63, 3.8) is 0 Å². The lowest BCUT2D eigenvalue weighted by Gasteiger charge is -2.32. The predicted octanol–water partition coefficient (Wildman–Crippen LogP) is 4.54. The highest BCUT2D eigenvalue weighted by Gasteiger charge is 2.31. The maximum atomic E-state index is 11.1. The Labute approximate surface area is 134 Å². The van der Waals surface area contributed by atoms with Gasteiger partial charge in [-0.1, -0.05) is 31.6 Å². The Morgan fingerprint density at radius 1 is 1.27 bits per heavy atom. The van der Waals surface area contributed by atoms with Gasteiger partial charge in [0, 0.05) is 23.0 Å². The number of hydrogen-bond donors (Lipinski definition) is 0. The molecule has 2 unspecified atom stereocenters. The summed E-state index contributed by atoms with van der Waals surface area (Å²) in [5.41, 5.74) is 2.23. The van der Waals surface area contributed by atoms with Crippen LogP contribution in [-0.4, -0.2) is 20.5 Å². The number of carbonyl (C=O) groups is 1. The summed E-state index contributed by atoms with van der Waals surface area (Å²) in [4.78, 5) is 11.1. The zero-order valence-electron chi connectivity index (χ0n) is 14.6. The van der Waals surface area contributed by atoms with Crippen molar-refractivity contribution in [2.75, 3.05) is 14.2 Å². The molecule has 0 radical (unpaired) electrons. The van der Waals surface area contributed by atoms with Gasteiger partial charge in [0.15, 0.2) is 0 Å². The Kier molecular flexibility index (Phi) is 6.66. The first-order valence-electron chi connectivity index (χ1n) is 7.67. The average Bonchev–Trinajstić information content (AvgIpc) is 2.52. The lowest BCUT2D eigenvalue weighted by atomic mass is 9.73. The molecule has 3 heteroatoms. The Hall–Kier alpha value is -1.77. The molecule has 0 bridgehead atoms. The van der Waals surface area contributed by atoms with E-state index in [0.717, 1.165) is 36.2 Å². The first-order valence-corrected chi connectivity index (χ1v) is 7.67. The van der Waals surface area contributed by atoms with Crippen molar-refractivity contribution in [2.45, 2.75) is 46.0 Å². The fourth-order valence-electron chi connectivity index (χ4n) is 2.79. The van der Waals surface area contributed by atoms with Gasteiger partial charge in [-0.15, -0.1) is 0 Å². The standard InChI is InChI=1S/C19H28O3/c1-14(2)9-10-19(4,12-15(3)13-20)17-8-7-16(21-5)11-18(17)22-6/h7-9,11,13,15H,10,12H2,1-6H3. The molecule has 0 amide bonds. The predicted molar refractivity (Wildman–Crippen MR) is 90.8 cm³/mol. The Morgan fingerprint density at radius 2 is 1.95 bits per heavy atom. The molecule has 22 heavy (non-hydrogen) atoms. The van der Waals surface area contributed by atoms with Crippen molar-refractivity contribution in [3.05, 3.63) is 35.4 Å². The Balaban J connectivity index is 3.30. The van der Waals surface area contributed by atoms with Crippen LogP contribution >= 0.6 is 0 Å². The van der Waals surface area contributed by atoms with Gasteiger partial charge in [0.1, 0.15) is 17.8 Å². The maximum absolute atomic E-state index is 11.1. The molecule has 1 aromatic carbocycles. The van der Waals surface area contributed by atoms with Crippen LogP contribution in [0.2, 0.25) is 0 Å². The summed E-state index contributed by atoms with van der Waals surface area (Å²) >= 11 is 0. The van der Waals surface area contributed by atoms with Crippen LogP contribution < -0.4 is 9.47 Å². The van der Waals surface area contributed by atoms with Crippen LogP contribution in [0.25, 0.3) is 0 Å². The molecule has 2 atom stereocenters. The second-order valence-corrected chi connectivity index (χ2v) is 6.43. The van der Waals surface area contributed by atoms with Gasteiger partial charge in [-0.2, -0.15) is 0 Å². The molecule has 0 fully saturated rings. The molecule has 0 aliphatic rings. The number of rotatable bonds is 8. The van der Waals surface area contributed by atoms with Crippen molar-refractivity contribution in [2.24, 2.45) is 5.92 Å². The number of ether oxygens (including phenoxy) is 2. The summed E-state index contributed by atoms with van der Waals surface area (Å²) in [6.07, 6.45) is 4.90. The molecule has 0 aliphatic heterocycles. The minimum absolute atomic E-state index is 0.00219. The maximum Gasteiger partial charge on any atom is 0.126 e. The van der Waals surface area contributed by atoms with Crippen molar-refractivity contribution in [1.29, 1.82) is 0 Å². The van der Waals surface area contributed by atoms with Gasteiger partial charge in [0.25, 0.3) is 0 Å². The van der Waals surface area contributed by atoms with Crippen LogP contribution in [0, 0.1) is 5.92 Å². The van der Waals surface area contributed by atoms with Crippen molar-refractivity contribution in [1.82, 2.24) is 0 Å². The normalized spacial score (nSPS) is 14.6. The van der Waals surface area contributed by atoms with Crippen molar-refractivity contribution in [3.8, 4) is 11.5 Å². The van der Waals surface area contributed by atoms with E-state index in [1.165, 1.54) is 5.57 Å². The lowest BCUT2D eigenvalue weighted by Crippen LogP contribution is -2.25. The third-order valence-corrected chi connectivity index (χ3v) is 4.02. The van der Waals surface area contributed by atoms with Crippen LogP contribution in [0.1, 0.15) is 46.1 Å². The minimum Gasteiger partial charge on any atom is -0.497 e. The summed E-state index contributed by atoms with van der Waals surface area (Å²) in [7, 11) is 3.31. The molecular weight excluding hydrogens is 276 g/mol. The first-order chi connectivity index (χ1) is 10.4. The summed E-state index contributed by atoms with van der Waals surface area (Å²) < 4.78 is 10.8. The zero-order valence-corrected chi connectivity index (χ0v) is 14.6. The molecule has 0 heterocycles. The highest BCUT2D eigenvalue weighted by Crippen LogP contribution is 2.41. The zero-order chi connectivity index (χ0) is 16.8. The summed E-state index contributed by atoms with van der Waals surface area (Å²) in [6, 6.07) is 5.90. The SMILES string of the molecule is COc1ccc(C(C)(CC=C(C)C)CC(C)C=O)c(OC)c1. The quantitative estimate of drug-likeness (QED) is 0.522. The van der Waals surface area contributed by atoms with Gasteiger partial charge < -0.3 is 14.3 Å². The van der Waals surface area contributed by atoms with Crippen LogP contribution in [0.3, 0.4) is 0 Å². The molecule has 0 aliphatic carbocycles.